The van der Waals surface area contributed by atoms with Crippen LogP contribution in [-0.4, -0.2) is 325 Å². The lowest BCUT2D eigenvalue weighted by molar-refractivity contribution is -0.0700. The lowest BCUT2D eigenvalue weighted by atomic mass is 9.62. The number of nitrogens with one attached hydrogen (secondary N) is 1. The third-order valence-corrected chi connectivity index (χ3v) is 39.5. The van der Waals surface area contributed by atoms with Gasteiger partial charge in [-0.2, -0.15) is 0 Å². The summed E-state index contributed by atoms with van der Waals surface area (Å²) in [5.74, 6) is 5.92. The van der Waals surface area contributed by atoms with Gasteiger partial charge in [0.2, 0.25) is 0 Å². The number of nitrogens with zero attached hydrogens (tertiary/aromatic N) is 12. The monoisotopic (exact) mass is 2050 g/mol. The predicted molar refractivity (Wildman–Crippen MR) is 597 cm³/mol. The summed E-state index contributed by atoms with van der Waals surface area (Å²) in [6.07, 6.45) is 26.4. The van der Waals surface area contributed by atoms with E-state index in [1.54, 1.807) is 0 Å². The van der Waals surface area contributed by atoms with E-state index in [0.29, 0.717) is 93.7 Å². The quantitative estimate of drug-likeness (QED) is 0.115. The summed E-state index contributed by atoms with van der Waals surface area (Å²) in [5.41, 5.74) is 6.36. The maximum atomic E-state index is 13.3. The van der Waals surface area contributed by atoms with Crippen molar-refractivity contribution in [3.63, 3.8) is 0 Å². The molecule has 12 heterocycles. The van der Waals surface area contributed by atoms with Crippen molar-refractivity contribution in [1.82, 2.24) is 64.3 Å². The van der Waals surface area contributed by atoms with Gasteiger partial charge in [-0.25, -0.2) is 39.2 Å². The van der Waals surface area contributed by atoms with Crippen LogP contribution in [0.4, 0.5) is 28.8 Å². The van der Waals surface area contributed by atoms with Crippen LogP contribution in [0, 0.1) is 93.2 Å². The van der Waals surface area contributed by atoms with Crippen molar-refractivity contribution < 1.29 is 57.2 Å². The number of carbonyl (C=O) groups excluding carboxylic acids is 6. The lowest BCUT2D eigenvalue weighted by Gasteiger charge is -2.52. The number of hydrazine groups is 1. The topological polar surface area (TPSA) is 209 Å². The number of carbonyl (C=O) groups is 6. The molecule has 12 aliphatic heterocycles. The molecule has 2 aromatic rings. The molecule has 2 unspecified atom stereocenters. The van der Waals surface area contributed by atoms with Gasteiger partial charge in [0, 0.05) is 124 Å². The Morgan fingerprint density at radius 3 is 0.871 bits per heavy atom. The minimum Gasteiger partial charge on any atom is -0.446 e. The number of hydrogen-bond donors (Lipinski definition) is 1. The average molecular weight is 2050 g/mol. The van der Waals surface area contributed by atoms with Gasteiger partial charge in [0.25, 0.3) is 0 Å². The molecule has 0 aromatic heterocycles. The first kappa shape index (κ1) is 121. The van der Waals surface area contributed by atoms with E-state index in [-0.39, 0.29) is 112 Å². The van der Waals surface area contributed by atoms with Crippen LogP contribution in [0.5, 0.6) is 0 Å². The largest absolute Gasteiger partial charge is 0.446 e. The summed E-state index contributed by atoms with van der Waals surface area (Å²) < 4.78 is 35.8. The van der Waals surface area contributed by atoms with E-state index in [2.05, 4.69) is 342 Å². The molecule has 2 aliphatic carbocycles. The van der Waals surface area contributed by atoms with Gasteiger partial charge in [-0.1, -0.05) is 247 Å². The minimum absolute atomic E-state index is 0.0287. The zero-order valence-electron chi connectivity index (χ0n) is 99.0. The van der Waals surface area contributed by atoms with E-state index in [9.17, 15) is 28.8 Å². The molecule has 2 atom stereocenters. The number of hydrogen-bond acceptors (Lipinski definition) is 19. The maximum Gasteiger partial charge on any atom is 0.425 e. The summed E-state index contributed by atoms with van der Waals surface area (Å²) in [7, 11) is 12.8. The second-order valence-electron chi connectivity index (χ2n) is 53.6. The SMILES string of the molecule is CC(C)C1(C(C)C)CC(C)(C)CN1C(=O)OC1CCN(C)CC1.CC(C)C1(C(C)C)CC(Cc2ccccc2)CN1C(=O)OC1CCN(C)CC1.CC(C)C1(C(C)C)CC(c2ccccc2)CN1C(=O)OC1CCN(C)CC1.CC(C)C1(C(C)C)CC2(CC2)CN1C(=O)OC1CCN(C)CC1.CC(C)C1(C(C)C)CC2(CCC2)CN1C(=O)OC1CCN(C)CC1.CC(C)C1(C(C)C)CCCNN1C(=O)OC1CCN(C)CC1. The summed E-state index contributed by atoms with van der Waals surface area (Å²) in [6.45, 7) is 75.9. The van der Waals surface area contributed by atoms with Crippen LogP contribution in [0.3, 0.4) is 0 Å². The van der Waals surface area contributed by atoms with E-state index in [1.807, 2.05) is 5.01 Å². The van der Waals surface area contributed by atoms with E-state index >= 15 is 0 Å². The fraction of sp³-hybridized carbons (Fsp3) is 0.852. The van der Waals surface area contributed by atoms with Gasteiger partial charge >= 0.3 is 36.6 Å². The third kappa shape index (κ3) is 28.4. The van der Waals surface area contributed by atoms with Gasteiger partial charge in [-0.05, 0) is 301 Å². The molecule has 6 amide bonds. The highest BCUT2D eigenvalue weighted by Gasteiger charge is 2.65. The van der Waals surface area contributed by atoms with Gasteiger partial charge < -0.3 is 82.3 Å². The first-order valence-corrected chi connectivity index (χ1v) is 59.1. The predicted octanol–water partition coefficient (Wildman–Crippen LogP) is 24.4. The van der Waals surface area contributed by atoms with Crippen LogP contribution in [0.2, 0.25) is 0 Å². The van der Waals surface area contributed by atoms with Crippen molar-refractivity contribution in [3.05, 3.63) is 71.8 Å². The fourth-order valence-corrected chi connectivity index (χ4v) is 30.0. The minimum atomic E-state index is -0.184. The van der Waals surface area contributed by atoms with Crippen molar-refractivity contribution in [1.29, 1.82) is 0 Å². The highest BCUT2D eigenvalue weighted by atomic mass is 16.6. The number of amides is 6. The Hall–Kier alpha value is -6.22. The van der Waals surface area contributed by atoms with Crippen molar-refractivity contribution in [2.24, 2.45) is 93.2 Å². The average Bonchev–Trinajstić information content (AvgIpc) is 1.53. The van der Waals surface area contributed by atoms with E-state index < -0.39 is 0 Å². The number of piperidine rings is 6. The Labute approximate surface area is 894 Å². The summed E-state index contributed by atoms with van der Waals surface area (Å²) in [4.78, 5) is 103. The highest BCUT2D eigenvalue weighted by Crippen LogP contribution is 2.63. The maximum absolute atomic E-state index is 13.3. The van der Waals surface area contributed by atoms with Gasteiger partial charge in [0.05, 0.1) is 33.2 Å². The van der Waals surface area contributed by atoms with E-state index in [0.717, 1.165) is 246 Å². The van der Waals surface area contributed by atoms with E-state index in [1.165, 1.54) is 43.2 Å². The molecular weight excluding hydrogens is 1840 g/mol. The number of rotatable bonds is 21. The molecule has 25 nitrogen and oxygen atoms in total. The molecule has 14 fully saturated rings. The molecule has 2 aromatic carbocycles. The Balaban J connectivity index is 0.000000168. The molecule has 147 heavy (non-hydrogen) atoms. The van der Waals surface area contributed by atoms with Crippen LogP contribution in [0.1, 0.15) is 351 Å². The van der Waals surface area contributed by atoms with Gasteiger partial charge in [0.1, 0.15) is 36.6 Å². The second-order valence-corrected chi connectivity index (χ2v) is 53.6. The smallest absolute Gasteiger partial charge is 0.425 e. The van der Waals surface area contributed by atoms with E-state index in [4.69, 9.17) is 28.4 Å². The molecule has 2 saturated carbocycles. The van der Waals surface area contributed by atoms with Crippen LogP contribution in [-0.2, 0) is 34.8 Å². The summed E-state index contributed by atoms with van der Waals surface area (Å²) >= 11 is 0. The summed E-state index contributed by atoms with van der Waals surface area (Å²) in [6, 6.07) is 21.3. The molecule has 14 aliphatic rings. The van der Waals surface area contributed by atoms with Crippen LogP contribution < -0.4 is 5.43 Å². The number of ether oxygens (including phenoxy) is 6. The molecule has 16 rings (SSSR count). The van der Waals surface area contributed by atoms with Crippen LogP contribution in [0.25, 0.3) is 0 Å². The zero-order chi connectivity index (χ0) is 108. The van der Waals surface area contributed by atoms with Crippen molar-refractivity contribution >= 4 is 36.6 Å². The second kappa shape index (κ2) is 51.9. The number of likely N-dealkylation sites (tertiary alicyclic amines) is 11. The Morgan fingerprint density at radius 1 is 0.299 bits per heavy atom. The molecule has 25 heteroatoms. The lowest BCUT2D eigenvalue weighted by Crippen LogP contribution is -2.66. The molecule has 1 N–H and O–H groups in total. The first-order valence-electron chi connectivity index (χ1n) is 59.1. The zero-order valence-corrected chi connectivity index (χ0v) is 99.0. The normalized spacial score (nSPS) is 25.1. The van der Waals surface area contributed by atoms with Crippen LogP contribution in [0.15, 0.2) is 60.7 Å². The van der Waals surface area contributed by atoms with Gasteiger partial charge in [-0.15, -0.1) is 0 Å². The molecular formula is C122H213N13O12. The Kier molecular flexibility index (Phi) is 42.7. The molecule has 0 radical (unpaired) electrons. The Bertz CT molecular complexity index is 4250. The Morgan fingerprint density at radius 2 is 0.571 bits per heavy atom. The van der Waals surface area contributed by atoms with Gasteiger partial charge in [0.15, 0.2) is 0 Å². The van der Waals surface area contributed by atoms with Crippen LogP contribution >= 0.6 is 0 Å². The molecule has 838 valence electrons. The molecule has 2 spiro atoms. The van der Waals surface area contributed by atoms with Gasteiger partial charge in [-0.3, -0.25) is 0 Å². The highest BCUT2D eigenvalue weighted by molar-refractivity contribution is 5.73. The van der Waals surface area contributed by atoms with Crippen molar-refractivity contribution in [3.8, 4) is 0 Å². The van der Waals surface area contributed by atoms with Crippen molar-refractivity contribution in [2.75, 3.05) is 160 Å². The molecule has 12 saturated heterocycles. The third-order valence-electron chi connectivity index (χ3n) is 39.5. The molecule has 0 bridgehead atoms. The first-order chi connectivity index (χ1) is 69.2. The summed E-state index contributed by atoms with van der Waals surface area (Å²) in [5, 5.41) is 1.82. The van der Waals surface area contributed by atoms with Crippen molar-refractivity contribution in [2.45, 2.75) is 416 Å². The standard InChI is InChI=1S/C24H38N2O2.C23H36N2O2.C20H36N2O2.C19H34N2O2.C19H36N2O2.C17H33N3O2/c1-18(2)24(19(3)4)16-21(15-20-9-7-6-8-10-20)17-26(24)23(27)28-22-11-13-25(5)14-12-22;1-17(2)23(18(3)4)15-20(19-9-7-6-8-10-19)16-25(23)22(26)27-21-11-13-24(5)14-12-21;1-15(2)20(16(3)4)13-19(9-6-10-19)14-22(20)18(23)24-17-7-11-21(5)12-8-17;1-14(2)19(15(3)4)12-18(8-9-18)13-21(19)17(22)23-16-6-10-20(5)11-7-16;1-14(2)19(15(3)4)12-18(5,6)13-21(19)17(22)23-16-8-10-20(7)11-9-16;1-13(2)17(14(3)4)9-6-10-18-20(17)16(21)22-15-7-11-19(5)12-8-15/h6-10,18-19,21-22H,11-17H2,1-5H3;6-10,17-18,20-21H,11-16H2,1-5H3;15-17H,6-14H2,1-5H3;14-16H,6-13H2,1-5H3;14-16H,8-13H2,1-7H3;13-15,18H,6-12H2,1-5H3. The number of benzene rings is 2. The fourth-order valence-electron chi connectivity index (χ4n) is 30.0.